The number of carbonyl (C=O) groups excluding carboxylic acids is 2. The van der Waals surface area contributed by atoms with Gasteiger partial charge in [0.05, 0.1) is 0 Å². The van der Waals surface area contributed by atoms with Crippen LogP contribution in [0, 0.1) is 6.92 Å². The fraction of sp³-hybridized carbons (Fsp3) is 0.364. The predicted octanol–water partition coefficient (Wildman–Crippen LogP) is 5.02. The quantitative estimate of drug-likeness (QED) is 0.383. The molecule has 1 N–H and O–H groups in total. The first-order chi connectivity index (χ1) is 13.0. The van der Waals surface area contributed by atoms with E-state index < -0.39 is 0 Å². The van der Waals surface area contributed by atoms with Gasteiger partial charge in [-0.3, -0.25) is 9.59 Å². The van der Waals surface area contributed by atoms with Crippen molar-refractivity contribution in [3.63, 3.8) is 0 Å². The van der Waals surface area contributed by atoms with Crippen LogP contribution < -0.4 is 14.8 Å². The van der Waals surface area contributed by atoms with Crippen molar-refractivity contribution in [2.45, 2.75) is 46.5 Å². The third-order valence-corrected chi connectivity index (χ3v) is 4.05. The lowest BCUT2D eigenvalue weighted by atomic mass is 10.2. The molecule has 0 unspecified atom stereocenters. The van der Waals surface area contributed by atoms with E-state index in [0.29, 0.717) is 29.4 Å². The fourth-order valence-corrected chi connectivity index (χ4v) is 2.65. The first-order valence-electron chi connectivity index (χ1n) is 9.34. The van der Waals surface area contributed by atoms with Gasteiger partial charge in [-0.2, -0.15) is 0 Å². The molecule has 0 aliphatic rings. The van der Waals surface area contributed by atoms with Crippen molar-refractivity contribution in [3.8, 4) is 17.2 Å². The molecule has 144 valence electrons. The van der Waals surface area contributed by atoms with Crippen molar-refractivity contribution in [2.75, 3.05) is 6.54 Å². The van der Waals surface area contributed by atoms with Crippen LogP contribution in [0.15, 0.2) is 42.5 Å². The number of amides is 1. The molecule has 5 nitrogen and oxygen atoms in total. The smallest absolute Gasteiger partial charge is 0.308 e. The highest BCUT2D eigenvalue weighted by atomic mass is 16.5. The van der Waals surface area contributed by atoms with Crippen LogP contribution in [0.3, 0.4) is 0 Å². The number of benzene rings is 2. The van der Waals surface area contributed by atoms with Crippen molar-refractivity contribution in [2.24, 2.45) is 0 Å². The molecule has 0 fully saturated rings. The molecular formula is C22H27NO4. The molecule has 0 heterocycles. The zero-order valence-corrected chi connectivity index (χ0v) is 16.2. The molecule has 2 aromatic carbocycles. The van der Waals surface area contributed by atoms with Crippen molar-refractivity contribution in [1.82, 2.24) is 5.32 Å². The third kappa shape index (κ3) is 6.77. The zero-order chi connectivity index (χ0) is 19.6. The van der Waals surface area contributed by atoms with Gasteiger partial charge in [-0.1, -0.05) is 32.3 Å². The van der Waals surface area contributed by atoms with Gasteiger partial charge in [0.2, 0.25) is 0 Å². The van der Waals surface area contributed by atoms with Crippen molar-refractivity contribution >= 4 is 11.9 Å². The molecule has 0 atom stereocenters. The standard InChI is InChI=1S/C22H27NO4/c1-4-5-6-7-13-23-22(25)18-9-8-10-19(15-18)27-20-11-12-21(16(2)14-20)26-17(3)24/h8-12,14-15H,4-7,13H2,1-3H3,(H,23,25). The third-order valence-electron chi connectivity index (χ3n) is 4.05. The highest BCUT2D eigenvalue weighted by Gasteiger charge is 2.08. The monoisotopic (exact) mass is 369 g/mol. The molecule has 2 rings (SSSR count). The number of esters is 1. The van der Waals surface area contributed by atoms with Gasteiger partial charge < -0.3 is 14.8 Å². The molecule has 1 amide bonds. The minimum absolute atomic E-state index is 0.0988. The number of rotatable bonds is 9. The summed E-state index contributed by atoms with van der Waals surface area (Å²) in [5.74, 6) is 1.23. The SMILES string of the molecule is CCCCCCNC(=O)c1cccc(Oc2ccc(OC(C)=O)c(C)c2)c1. The van der Waals surface area contributed by atoms with Gasteiger partial charge in [0.25, 0.3) is 5.91 Å². The molecule has 0 aliphatic carbocycles. The van der Waals surface area contributed by atoms with Crippen LogP contribution in [0.2, 0.25) is 0 Å². The highest BCUT2D eigenvalue weighted by molar-refractivity contribution is 5.94. The fourth-order valence-electron chi connectivity index (χ4n) is 2.65. The Morgan fingerprint density at radius 3 is 2.48 bits per heavy atom. The lowest BCUT2D eigenvalue weighted by Gasteiger charge is -2.11. The number of nitrogens with one attached hydrogen (secondary N) is 1. The Kier molecular flexibility index (Phi) is 7.86. The van der Waals surface area contributed by atoms with Crippen LogP contribution in [-0.4, -0.2) is 18.4 Å². The number of unbranched alkanes of at least 4 members (excludes halogenated alkanes) is 3. The van der Waals surface area contributed by atoms with Gasteiger partial charge in [0.1, 0.15) is 17.2 Å². The number of ether oxygens (including phenoxy) is 2. The summed E-state index contributed by atoms with van der Waals surface area (Å²) in [4.78, 5) is 23.3. The van der Waals surface area contributed by atoms with Crippen LogP contribution in [-0.2, 0) is 4.79 Å². The van der Waals surface area contributed by atoms with Crippen molar-refractivity contribution in [1.29, 1.82) is 0 Å². The second-order valence-electron chi connectivity index (χ2n) is 6.47. The first kappa shape index (κ1) is 20.5. The molecule has 0 aliphatic heterocycles. The van der Waals surface area contributed by atoms with Crippen LogP contribution in [0.5, 0.6) is 17.2 Å². The van der Waals surface area contributed by atoms with Gasteiger partial charge >= 0.3 is 5.97 Å². The second-order valence-corrected chi connectivity index (χ2v) is 6.47. The van der Waals surface area contributed by atoms with Crippen molar-refractivity contribution < 1.29 is 19.1 Å². The Balaban J connectivity index is 1.98. The first-order valence-corrected chi connectivity index (χ1v) is 9.34. The maximum Gasteiger partial charge on any atom is 0.308 e. The average Bonchev–Trinajstić information content (AvgIpc) is 2.63. The summed E-state index contributed by atoms with van der Waals surface area (Å²) in [6.45, 7) is 6.05. The maximum atomic E-state index is 12.3. The summed E-state index contributed by atoms with van der Waals surface area (Å²) in [7, 11) is 0. The van der Waals surface area contributed by atoms with E-state index in [2.05, 4.69) is 12.2 Å². The summed E-state index contributed by atoms with van der Waals surface area (Å²) >= 11 is 0. The van der Waals surface area contributed by atoms with Crippen molar-refractivity contribution in [3.05, 3.63) is 53.6 Å². The lowest BCUT2D eigenvalue weighted by Crippen LogP contribution is -2.24. The van der Waals surface area contributed by atoms with E-state index in [4.69, 9.17) is 9.47 Å². The molecule has 0 saturated carbocycles. The van der Waals surface area contributed by atoms with Gasteiger partial charge in [0, 0.05) is 19.0 Å². The van der Waals surface area contributed by atoms with Gasteiger partial charge in [0.15, 0.2) is 0 Å². The van der Waals surface area contributed by atoms with Crippen LogP contribution in [0.4, 0.5) is 0 Å². The van der Waals surface area contributed by atoms with Gasteiger partial charge in [-0.15, -0.1) is 0 Å². The Bertz CT molecular complexity index is 786. The van der Waals surface area contributed by atoms with Crippen LogP contribution in [0.1, 0.15) is 55.5 Å². The number of hydrogen-bond acceptors (Lipinski definition) is 4. The average molecular weight is 369 g/mol. The minimum atomic E-state index is -0.361. The number of aryl methyl sites for hydroxylation is 1. The Hall–Kier alpha value is -2.82. The van der Waals surface area contributed by atoms with E-state index >= 15 is 0 Å². The summed E-state index contributed by atoms with van der Waals surface area (Å²) in [5, 5.41) is 2.94. The summed E-state index contributed by atoms with van der Waals surface area (Å²) in [6.07, 6.45) is 4.48. The normalized spacial score (nSPS) is 10.3. The van der Waals surface area contributed by atoms with E-state index in [0.717, 1.165) is 18.4 Å². The number of carbonyl (C=O) groups is 2. The number of hydrogen-bond donors (Lipinski definition) is 1. The molecular weight excluding hydrogens is 342 g/mol. The summed E-state index contributed by atoms with van der Waals surface area (Å²) < 4.78 is 11.0. The van der Waals surface area contributed by atoms with Crippen LogP contribution in [0.25, 0.3) is 0 Å². The molecule has 5 heteroatoms. The summed E-state index contributed by atoms with van der Waals surface area (Å²) in [6, 6.07) is 12.3. The van der Waals surface area contributed by atoms with E-state index in [1.807, 2.05) is 6.92 Å². The maximum absolute atomic E-state index is 12.3. The Labute approximate surface area is 160 Å². The topological polar surface area (TPSA) is 64.6 Å². The highest BCUT2D eigenvalue weighted by Crippen LogP contribution is 2.28. The zero-order valence-electron chi connectivity index (χ0n) is 16.2. The largest absolute Gasteiger partial charge is 0.457 e. The Morgan fingerprint density at radius 2 is 1.78 bits per heavy atom. The second kappa shape index (κ2) is 10.4. The molecule has 2 aromatic rings. The Morgan fingerprint density at radius 1 is 1.00 bits per heavy atom. The minimum Gasteiger partial charge on any atom is -0.457 e. The van der Waals surface area contributed by atoms with E-state index in [-0.39, 0.29) is 11.9 Å². The van der Waals surface area contributed by atoms with Gasteiger partial charge in [-0.05, 0) is 55.3 Å². The predicted molar refractivity (Wildman–Crippen MR) is 105 cm³/mol. The van der Waals surface area contributed by atoms with E-state index in [1.54, 1.807) is 42.5 Å². The molecule has 0 saturated heterocycles. The van der Waals surface area contributed by atoms with Gasteiger partial charge in [-0.25, -0.2) is 0 Å². The lowest BCUT2D eigenvalue weighted by molar-refractivity contribution is -0.131. The molecule has 0 bridgehead atoms. The van der Waals surface area contributed by atoms with E-state index in [1.165, 1.54) is 19.8 Å². The molecule has 0 aromatic heterocycles. The molecule has 0 spiro atoms. The molecule has 27 heavy (non-hydrogen) atoms. The van der Waals surface area contributed by atoms with Crippen LogP contribution >= 0.6 is 0 Å². The van der Waals surface area contributed by atoms with E-state index in [9.17, 15) is 9.59 Å². The molecule has 0 radical (unpaired) electrons. The summed E-state index contributed by atoms with van der Waals surface area (Å²) in [5.41, 5.74) is 1.36.